The summed E-state index contributed by atoms with van der Waals surface area (Å²) in [6.45, 7) is 2.41. The van der Waals surface area contributed by atoms with Crippen LogP contribution in [0.4, 0.5) is 0 Å². The Morgan fingerprint density at radius 1 is 1.04 bits per heavy atom. The molecule has 4 aromatic rings. The molecule has 4 nitrogen and oxygen atoms in total. The van der Waals surface area contributed by atoms with Crippen molar-refractivity contribution < 1.29 is 19.1 Å². The van der Waals surface area contributed by atoms with Gasteiger partial charge in [-0.1, -0.05) is 48.0 Å². The number of hydrogen-bond donors (Lipinski definition) is 1. The Bertz CT molecular complexity index is 1140. The van der Waals surface area contributed by atoms with E-state index in [0.717, 1.165) is 27.7 Å². The van der Waals surface area contributed by atoms with Crippen molar-refractivity contribution in [1.29, 1.82) is 0 Å². The normalized spacial score (nSPS) is 10.9. The second kappa shape index (κ2) is 7.61. The summed E-state index contributed by atoms with van der Waals surface area (Å²) in [4.78, 5) is 11.1. The van der Waals surface area contributed by atoms with Crippen molar-refractivity contribution in [2.45, 2.75) is 20.0 Å². The number of carbonyl (C=O) groups is 1. The molecular formula is C24H20O4. The smallest absolute Gasteiger partial charge is 0.307 e. The molecule has 1 N–H and O–H groups in total. The third-order valence-corrected chi connectivity index (χ3v) is 4.65. The van der Waals surface area contributed by atoms with Gasteiger partial charge in [0.05, 0.1) is 12.7 Å². The lowest BCUT2D eigenvalue weighted by molar-refractivity contribution is -0.136. The highest BCUT2D eigenvalue weighted by atomic mass is 16.5. The number of carboxylic acid groups (broad SMARTS) is 1. The lowest BCUT2D eigenvalue weighted by Crippen LogP contribution is -2.04. The largest absolute Gasteiger partial charge is 0.489 e. The van der Waals surface area contributed by atoms with Gasteiger partial charge in [0.1, 0.15) is 17.9 Å². The zero-order valence-corrected chi connectivity index (χ0v) is 15.5. The molecule has 0 amide bonds. The SMILES string of the molecule is Cc1cccc(-c2cc(COc3ccccc3CC(=O)O)cc3ccoc23)c1. The van der Waals surface area contributed by atoms with E-state index in [1.54, 1.807) is 18.4 Å². The van der Waals surface area contributed by atoms with Gasteiger partial charge >= 0.3 is 5.97 Å². The first kappa shape index (κ1) is 17.9. The van der Waals surface area contributed by atoms with Gasteiger partial charge in [0.2, 0.25) is 0 Å². The van der Waals surface area contributed by atoms with Crippen LogP contribution < -0.4 is 4.74 Å². The Kier molecular flexibility index (Phi) is 4.85. The molecule has 0 atom stereocenters. The zero-order valence-electron chi connectivity index (χ0n) is 15.5. The Morgan fingerprint density at radius 3 is 2.71 bits per heavy atom. The Hall–Kier alpha value is -3.53. The molecular weight excluding hydrogens is 352 g/mol. The first-order valence-electron chi connectivity index (χ1n) is 9.10. The molecule has 4 heteroatoms. The first-order valence-corrected chi connectivity index (χ1v) is 9.10. The average Bonchev–Trinajstić information content (AvgIpc) is 3.15. The monoisotopic (exact) mass is 372 g/mol. The van der Waals surface area contributed by atoms with Crippen molar-refractivity contribution in [3.63, 3.8) is 0 Å². The van der Waals surface area contributed by atoms with E-state index in [1.165, 1.54) is 5.56 Å². The van der Waals surface area contributed by atoms with Gasteiger partial charge in [-0.15, -0.1) is 0 Å². The Labute approximate surface area is 163 Å². The molecule has 1 heterocycles. The third-order valence-electron chi connectivity index (χ3n) is 4.65. The van der Waals surface area contributed by atoms with Gasteiger partial charge in [0.25, 0.3) is 0 Å². The number of benzene rings is 3. The molecule has 0 aliphatic carbocycles. The molecule has 0 aliphatic rings. The van der Waals surface area contributed by atoms with Crippen LogP contribution in [0.25, 0.3) is 22.1 Å². The van der Waals surface area contributed by atoms with Gasteiger partial charge in [-0.2, -0.15) is 0 Å². The molecule has 0 saturated carbocycles. The van der Waals surface area contributed by atoms with Crippen LogP contribution in [0.1, 0.15) is 16.7 Å². The van der Waals surface area contributed by atoms with E-state index < -0.39 is 5.97 Å². The summed E-state index contributed by atoms with van der Waals surface area (Å²) in [5.41, 5.74) is 5.80. The molecule has 0 bridgehead atoms. The van der Waals surface area contributed by atoms with Crippen molar-refractivity contribution >= 4 is 16.9 Å². The van der Waals surface area contributed by atoms with Crippen LogP contribution >= 0.6 is 0 Å². The lowest BCUT2D eigenvalue weighted by atomic mass is 9.99. The summed E-state index contributed by atoms with van der Waals surface area (Å²) < 4.78 is 11.7. The van der Waals surface area contributed by atoms with Gasteiger partial charge < -0.3 is 14.3 Å². The van der Waals surface area contributed by atoms with E-state index >= 15 is 0 Å². The fourth-order valence-corrected chi connectivity index (χ4v) is 3.37. The number of aliphatic carboxylic acids is 1. The number of fused-ring (bicyclic) bond motifs is 1. The van der Waals surface area contributed by atoms with E-state index in [9.17, 15) is 4.79 Å². The van der Waals surface area contributed by atoms with Crippen LogP contribution in [0.2, 0.25) is 0 Å². The molecule has 28 heavy (non-hydrogen) atoms. The standard InChI is InChI=1S/C24H20O4/c1-16-5-4-7-18(11-16)21-13-17(12-20-9-10-27-24(20)21)15-28-22-8-3-2-6-19(22)14-23(25)26/h2-13H,14-15H2,1H3,(H,25,26). The summed E-state index contributed by atoms with van der Waals surface area (Å²) in [5.74, 6) is -0.285. The number of furan rings is 1. The fraction of sp³-hybridized carbons (Fsp3) is 0.125. The number of rotatable bonds is 6. The predicted molar refractivity (Wildman–Crippen MR) is 109 cm³/mol. The van der Waals surface area contributed by atoms with E-state index in [4.69, 9.17) is 14.3 Å². The van der Waals surface area contributed by atoms with Gasteiger partial charge in [0.15, 0.2) is 0 Å². The van der Waals surface area contributed by atoms with E-state index in [2.05, 4.69) is 31.2 Å². The van der Waals surface area contributed by atoms with Gasteiger partial charge in [-0.3, -0.25) is 4.79 Å². The summed E-state index contributed by atoms with van der Waals surface area (Å²) in [5, 5.41) is 10.1. The second-order valence-electron chi connectivity index (χ2n) is 6.82. The summed E-state index contributed by atoms with van der Waals surface area (Å²) in [6, 6.07) is 21.6. The van der Waals surface area contributed by atoms with Crippen LogP contribution in [0.5, 0.6) is 5.75 Å². The van der Waals surface area contributed by atoms with Gasteiger partial charge in [-0.05, 0) is 42.3 Å². The molecule has 0 fully saturated rings. The Balaban J connectivity index is 1.66. The first-order chi connectivity index (χ1) is 13.6. The van der Waals surface area contributed by atoms with E-state index in [1.807, 2.05) is 30.3 Å². The van der Waals surface area contributed by atoms with Crippen molar-refractivity contribution in [1.82, 2.24) is 0 Å². The van der Waals surface area contributed by atoms with E-state index in [0.29, 0.717) is 17.9 Å². The zero-order chi connectivity index (χ0) is 19.5. The maximum absolute atomic E-state index is 11.1. The third kappa shape index (κ3) is 3.76. The number of hydrogen-bond acceptors (Lipinski definition) is 3. The molecule has 0 aliphatic heterocycles. The molecule has 1 aromatic heterocycles. The second-order valence-corrected chi connectivity index (χ2v) is 6.82. The van der Waals surface area contributed by atoms with Crippen LogP contribution in [0.3, 0.4) is 0 Å². The van der Waals surface area contributed by atoms with Gasteiger partial charge in [-0.25, -0.2) is 0 Å². The molecule has 0 saturated heterocycles. The maximum atomic E-state index is 11.1. The van der Waals surface area contributed by atoms with Crippen molar-refractivity contribution in [2.75, 3.05) is 0 Å². The van der Waals surface area contributed by atoms with E-state index in [-0.39, 0.29) is 6.42 Å². The highest BCUT2D eigenvalue weighted by Crippen LogP contribution is 2.32. The van der Waals surface area contributed by atoms with Crippen LogP contribution in [-0.2, 0) is 17.8 Å². The molecule has 140 valence electrons. The van der Waals surface area contributed by atoms with Crippen molar-refractivity contribution in [2.24, 2.45) is 0 Å². The topological polar surface area (TPSA) is 59.7 Å². The predicted octanol–water partition coefficient (Wildman–Crippen LogP) is 5.61. The van der Waals surface area contributed by atoms with Gasteiger partial charge in [0, 0.05) is 16.5 Å². The van der Waals surface area contributed by atoms with Crippen LogP contribution in [0.15, 0.2) is 77.4 Å². The highest BCUT2D eigenvalue weighted by Gasteiger charge is 2.12. The summed E-state index contributed by atoms with van der Waals surface area (Å²) in [6.07, 6.45) is 1.63. The number of para-hydroxylation sites is 1. The minimum absolute atomic E-state index is 0.0640. The molecule has 0 spiro atoms. The minimum atomic E-state index is -0.877. The minimum Gasteiger partial charge on any atom is -0.489 e. The Morgan fingerprint density at radius 2 is 1.89 bits per heavy atom. The molecule has 0 radical (unpaired) electrons. The van der Waals surface area contributed by atoms with Crippen LogP contribution in [0, 0.1) is 6.92 Å². The van der Waals surface area contributed by atoms with Crippen LogP contribution in [-0.4, -0.2) is 11.1 Å². The summed E-state index contributed by atoms with van der Waals surface area (Å²) >= 11 is 0. The molecule has 0 unspecified atom stereocenters. The van der Waals surface area contributed by atoms with Crippen molar-refractivity contribution in [3.8, 4) is 16.9 Å². The molecule has 4 rings (SSSR count). The number of aryl methyl sites for hydroxylation is 1. The number of carboxylic acids is 1. The summed E-state index contributed by atoms with van der Waals surface area (Å²) in [7, 11) is 0. The highest BCUT2D eigenvalue weighted by molar-refractivity contribution is 5.93. The maximum Gasteiger partial charge on any atom is 0.307 e. The lowest BCUT2D eigenvalue weighted by Gasteiger charge is -2.12. The fourth-order valence-electron chi connectivity index (χ4n) is 3.37. The van der Waals surface area contributed by atoms with Crippen molar-refractivity contribution in [3.05, 3.63) is 89.7 Å². The quantitative estimate of drug-likeness (QED) is 0.478. The average molecular weight is 372 g/mol. The molecule has 3 aromatic carbocycles. The number of ether oxygens (including phenoxy) is 1.